The third-order valence-electron chi connectivity index (χ3n) is 3.10. The Hall–Kier alpha value is -1.96. The lowest BCUT2D eigenvalue weighted by molar-refractivity contribution is -0.385. The van der Waals surface area contributed by atoms with Crippen LogP contribution in [-0.4, -0.2) is 50.3 Å². The minimum atomic E-state index is -1.03. The molecule has 0 radical (unpaired) electrons. The highest BCUT2D eigenvalue weighted by atomic mass is 16.6. The zero-order valence-corrected chi connectivity index (χ0v) is 12.1. The number of amides is 1. The molecule has 0 saturated carbocycles. The van der Waals surface area contributed by atoms with E-state index in [0.29, 0.717) is 13.0 Å². The van der Waals surface area contributed by atoms with E-state index in [1.54, 1.807) is 27.8 Å². The SMILES string of the molecule is CC(O)CCN(C)C(=O)C(C)(C)n1cc([N+](=O)[O-])cn1. The maximum Gasteiger partial charge on any atom is 0.307 e. The molecule has 20 heavy (non-hydrogen) atoms. The fourth-order valence-electron chi connectivity index (χ4n) is 1.76. The molecule has 0 aromatic carbocycles. The molecule has 0 aliphatic carbocycles. The van der Waals surface area contributed by atoms with Gasteiger partial charge >= 0.3 is 5.69 Å². The first kappa shape index (κ1) is 16.1. The molecule has 0 aliphatic heterocycles. The van der Waals surface area contributed by atoms with Gasteiger partial charge in [-0.2, -0.15) is 5.10 Å². The summed E-state index contributed by atoms with van der Waals surface area (Å²) >= 11 is 0. The van der Waals surface area contributed by atoms with Crippen molar-refractivity contribution in [1.29, 1.82) is 0 Å². The normalized spacial score (nSPS) is 13.1. The van der Waals surface area contributed by atoms with Crippen LogP contribution in [0.2, 0.25) is 0 Å². The monoisotopic (exact) mass is 284 g/mol. The molecule has 1 aromatic rings. The first-order valence-corrected chi connectivity index (χ1v) is 6.29. The Morgan fingerprint density at radius 2 is 2.25 bits per heavy atom. The van der Waals surface area contributed by atoms with Crippen molar-refractivity contribution in [1.82, 2.24) is 14.7 Å². The molecule has 1 heterocycles. The summed E-state index contributed by atoms with van der Waals surface area (Å²) in [6.07, 6.45) is 2.34. The van der Waals surface area contributed by atoms with Gasteiger partial charge in [0.25, 0.3) is 0 Å². The Balaban J connectivity index is 2.85. The van der Waals surface area contributed by atoms with Crippen molar-refractivity contribution >= 4 is 11.6 Å². The summed E-state index contributed by atoms with van der Waals surface area (Å²) in [5.74, 6) is -0.226. The Kier molecular flexibility index (Phi) is 4.83. The number of carbonyl (C=O) groups is 1. The van der Waals surface area contributed by atoms with Crippen LogP contribution in [-0.2, 0) is 10.3 Å². The molecule has 0 fully saturated rings. The van der Waals surface area contributed by atoms with Crippen LogP contribution in [0.4, 0.5) is 5.69 Å². The number of aliphatic hydroxyl groups is 1. The second-order valence-electron chi connectivity index (χ2n) is 5.32. The van der Waals surface area contributed by atoms with Crippen LogP contribution in [0.15, 0.2) is 12.4 Å². The van der Waals surface area contributed by atoms with E-state index in [-0.39, 0.29) is 11.6 Å². The number of aromatic nitrogens is 2. The van der Waals surface area contributed by atoms with Crippen molar-refractivity contribution in [3.8, 4) is 0 Å². The molecule has 1 unspecified atom stereocenters. The van der Waals surface area contributed by atoms with Crippen molar-refractivity contribution in [3.05, 3.63) is 22.5 Å². The predicted molar refractivity (Wildman–Crippen MR) is 72.1 cm³/mol. The molecule has 1 N–H and O–H groups in total. The van der Waals surface area contributed by atoms with Crippen LogP contribution >= 0.6 is 0 Å². The number of likely N-dealkylation sites (N-methyl/N-ethyl adjacent to an activating group) is 1. The van der Waals surface area contributed by atoms with E-state index in [4.69, 9.17) is 0 Å². The second kappa shape index (κ2) is 6.00. The average Bonchev–Trinajstić information content (AvgIpc) is 2.85. The number of hydrogen-bond donors (Lipinski definition) is 1. The lowest BCUT2D eigenvalue weighted by atomic mass is 10.0. The lowest BCUT2D eigenvalue weighted by Gasteiger charge is -2.29. The lowest BCUT2D eigenvalue weighted by Crippen LogP contribution is -2.46. The van der Waals surface area contributed by atoms with Gasteiger partial charge in [-0.3, -0.25) is 19.6 Å². The molecular weight excluding hydrogens is 264 g/mol. The number of hydrogen-bond acceptors (Lipinski definition) is 5. The number of nitrogens with zero attached hydrogens (tertiary/aromatic N) is 4. The van der Waals surface area contributed by atoms with Gasteiger partial charge in [0.15, 0.2) is 0 Å². The second-order valence-corrected chi connectivity index (χ2v) is 5.32. The summed E-state index contributed by atoms with van der Waals surface area (Å²) < 4.78 is 1.28. The molecular formula is C12H20N4O4. The van der Waals surface area contributed by atoms with Crippen LogP contribution < -0.4 is 0 Å². The van der Waals surface area contributed by atoms with E-state index in [9.17, 15) is 20.0 Å². The smallest absolute Gasteiger partial charge is 0.307 e. The molecule has 0 spiro atoms. The van der Waals surface area contributed by atoms with Crippen LogP contribution in [0.25, 0.3) is 0 Å². The summed E-state index contributed by atoms with van der Waals surface area (Å²) in [6.45, 7) is 5.35. The number of aliphatic hydroxyl groups excluding tert-OH is 1. The van der Waals surface area contributed by atoms with Crippen molar-refractivity contribution in [2.45, 2.75) is 38.8 Å². The van der Waals surface area contributed by atoms with Crippen LogP contribution in [0, 0.1) is 10.1 Å². The maximum absolute atomic E-state index is 12.4. The molecule has 1 atom stereocenters. The predicted octanol–water partition coefficient (Wildman–Crippen LogP) is 0.756. The van der Waals surface area contributed by atoms with Gasteiger partial charge < -0.3 is 10.0 Å². The van der Waals surface area contributed by atoms with Gasteiger partial charge in [0.1, 0.15) is 17.9 Å². The molecule has 0 saturated heterocycles. The van der Waals surface area contributed by atoms with E-state index < -0.39 is 16.6 Å². The highest BCUT2D eigenvalue weighted by Gasteiger charge is 2.34. The van der Waals surface area contributed by atoms with Crippen molar-refractivity contribution < 1.29 is 14.8 Å². The number of nitro groups is 1. The third-order valence-corrected chi connectivity index (χ3v) is 3.10. The molecule has 1 rings (SSSR count). The topological polar surface area (TPSA) is 102 Å². The van der Waals surface area contributed by atoms with Crippen LogP contribution in [0.5, 0.6) is 0 Å². The molecule has 8 nitrogen and oxygen atoms in total. The van der Waals surface area contributed by atoms with Gasteiger partial charge in [0.05, 0.1) is 11.0 Å². The summed E-state index contributed by atoms with van der Waals surface area (Å²) in [7, 11) is 1.63. The Labute approximate surface area is 117 Å². The molecule has 1 amide bonds. The minimum absolute atomic E-state index is 0.155. The van der Waals surface area contributed by atoms with Crippen LogP contribution in [0.1, 0.15) is 27.2 Å². The van der Waals surface area contributed by atoms with E-state index in [2.05, 4.69) is 5.10 Å². The standard InChI is InChI=1S/C12H20N4O4/c1-9(17)5-6-14(4)11(18)12(2,3)15-8-10(7-13-15)16(19)20/h7-9,17H,5-6H2,1-4H3. The highest BCUT2D eigenvalue weighted by Crippen LogP contribution is 2.20. The fraction of sp³-hybridized carbons (Fsp3) is 0.667. The largest absolute Gasteiger partial charge is 0.393 e. The van der Waals surface area contributed by atoms with Gasteiger partial charge in [0, 0.05) is 13.6 Å². The number of rotatable bonds is 6. The van der Waals surface area contributed by atoms with Crippen molar-refractivity contribution in [2.75, 3.05) is 13.6 Å². The van der Waals surface area contributed by atoms with E-state index in [0.717, 1.165) is 6.20 Å². The minimum Gasteiger partial charge on any atom is -0.393 e. The van der Waals surface area contributed by atoms with Crippen molar-refractivity contribution in [2.24, 2.45) is 0 Å². The number of carbonyl (C=O) groups excluding carboxylic acids is 1. The first-order chi connectivity index (χ1) is 9.16. The quantitative estimate of drug-likeness (QED) is 0.613. The Morgan fingerprint density at radius 1 is 1.65 bits per heavy atom. The van der Waals surface area contributed by atoms with Gasteiger partial charge in [-0.15, -0.1) is 0 Å². The Bertz CT molecular complexity index is 495. The third kappa shape index (κ3) is 3.53. The van der Waals surface area contributed by atoms with Gasteiger partial charge in [-0.1, -0.05) is 0 Å². The van der Waals surface area contributed by atoms with E-state index in [1.807, 2.05) is 0 Å². The summed E-state index contributed by atoms with van der Waals surface area (Å²) in [4.78, 5) is 24.0. The molecule has 112 valence electrons. The van der Waals surface area contributed by atoms with E-state index >= 15 is 0 Å². The van der Waals surface area contributed by atoms with Gasteiger partial charge in [-0.05, 0) is 27.2 Å². The van der Waals surface area contributed by atoms with Crippen LogP contribution in [0.3, 0.4) is 0 Å². The molecule has 1 aromatic heterocycles. The van der Waals surface area contributed by atoms with Crippen molar-refractivity contribution in [3.63, 3.8) is 0 Å². The van der Waals surface area contributed by atoms with Gasteiger partial charge in [-0.25, -0.2) is 0 Å². The first-order valence-electron chi connectivity index (χ1n) is 6.29. The summed E-state index contributed by atoms with van der Waals surface area (Å²) in [5, 5.41) is 23.8. The average molecular weight is 284 g/mol. The highest BCUT2D eigenvalue weighted by molar-refractivity contribution is 5.83. The fourth-order valence-corrected chi connectivity index (χ4v) is 1.76. The Morgan fingerprint density at radius 3 is 2.70 bits per heavy atom. The summed E-state index contributed by atoms with van der Waals surface area (Å²) in [5.41, 5.74) is -1.18. The van der Waals surface area contributed by atoms with Gasteiger partial charge in [0.2, 0.25) is 5.91 Å². The molecule has 0 aliphatic rings. The summed E-state index contributed by atoms with van der Waals surface area (Å²) in [6, 6.07) is 0. The zero-order chi connectivity index (χ0) is 15.5. The van der Waals surface area contributed by atoms with E-state index in [1.165, 1.54) is 15.8 Å². The zero-order valence-electron chi connectivity index (χ0n) is 12.1. The maximum atomic E-state index is 12.4. The molecule has 8 heteroatoms. The molecule has 0 bridgehead atoms.